The maximum Gasteiger partial charge on any atom is 0.336 e. The van der Waals surface area contributed by atoms with Crippen molar-refractivity contribution in [2.24, 2.45) is 0 Å². The van der Waals surface area contributed by atoms with Crippen molar-refractivity contribution in [1.82, 2.24) is 9.88 Å². The van der Waals surface area contributed by atoms with Crippen LogP contribution in [-0.2, 0) is 9.59 Å². The highest BCUT2D eigenvalue weighted by Gasteiger charge is 2.42. The fourth-order valence-corrected chi connectivity index (χ4v) is 4.96. The normalized spacial score (nSPS) is 18.3. The molecule has 28 heavy (non-hydrogen) atoms. The summed E-state index contributed by atoms with van der Waals surface area (Å²) in [6, 6.07) is 15.8. The minimum Gasteiger partial charge on any atom is -0.406 e. The molecule has 1 aliphatic rings. The molecular formula is C20H15ClN2O3S2. The second kappa shape index (κ2) is 7.50. The molecule has 3 aromatic rings. The lowest BCUT2D eigenvalue weighted by Crippen LogP contribution is -2.48. The summed E-state index contributed by atoms with van der Waals surface area (Å²) in [6.07, 6.45) is 0. The molecule has 0 unspecified atom stereocenters. The zero-order chi connectivity index (χ0) is 19.8. The molecule has 2 aromatic carbocycles. The summed E-state index contributed by atoms with van der Waals surface area (Å²) in [5.74, 6) is -0.864. The number of benzene rings is 2. The van der Waals surface area contributed by atoms with E-state index < -0.39 is 17.9 Å². The number of hydrogen-bond donors (Lipinski definition) is 1. The number of rotatable bonds is 3. The van der Waals surface area contributed by atoms with Crippen LogP contribution >= 0.6 is 35.2 Å². The molecule has 0 radical (unpaired) electrons. The molecule has 142 valence electrons. The van der Waals surface area contributed by atoms with Crippen LogP contribution in [0.4, 0.5) is 0 Å². The number of para-hydroxylation sites is 1. The lowest BCUT2D eigenvalue weighted by atomic mass is 9.88. The largest absolute Gasteiger partial charge is 0.406 e. The van der Waals surface area contributed by atoms with E-state index in [0.29, 0.717) is 14.9 Å². The monoisotopic (exact) mass is 430 g/mol. The number of fused-ring (bicyclic) bond motifs is 1. The van der Waals surface area contributed by atoms with E-state index in [2.05, 4.69) is 5.32 Å². The highest BCUT2D eigenvalue weighted by molar-refractivity contribution is 7.73. The van der Waals surface area contributed by atoms with Gasteiger partial charge in [-0.3, -0.25) is 9.36 Å². The number of ether oxygens (including phenoxy) is 1. The minimum absolute atomic E-state index is 0.310. The van der Waals surface area contributed by atoms with Crippen LogP contribution in [-0.4, -0.2) is 22.5 Å². The van der Waals surface area contributed by atoms with Gasteiger partial charge in [-0.25, -0.2) is 4.79 Å². The van der Waals surface area contributed by atoms with E-state index in [1.165, 1.54) is 18.3 Å². The van der Waals surface area contributed by atoms with Crippen molar-refractivity contribution in [3.05, 3.63) is 74.0 Å². The van der Waals surface area contributed by atoms with Crippen molar-refractivity contribution < 1.29 is 14.3 Å². The van der Waals surface area contributed by atoms with Gasteiger partial charge in [-0.1, -0.05) is 41.9 Å². The van der Waals surface area contributed by atoms with Crippen LogP contribution in [0.2, 0.25) is 5.02 Å². The molecule has 8 heteroatoms. The number of carbonyl (C=O) groups is 2. The lowest BCUT2D eigenvalue weighted by molar-refractivity contribution is -0.140. The summed E-state index contributed by atoms with van der Waals surface area (Å²) in [4.78, 5) is 25.3. The van der Waals surface area contributed by atoms with E-state index in [1.54, 1.807) is 16.7 Å². The van der Waals surface area contributed by atoms with E-state index in [0.717, 1.165) is 16.1 Å². The molecule has 0 bridgehead atoms. The molecule has 0 fully saturated rings. The van der Waals surface area contributed by atoms with E-state index in [-0.39, 0.29) is 5.91 Å². The highest BCUT2D eigenvalue weighted by atomic mass is 35.5. The predicted octanol–water partition coefficient (Wildman–Crippen LogP) is 4.48. The molecule has 1 aliphatic heterocycles. The van der Waals surface area contributed by atoms with Crippen molar-refractivity contribution in [3.63, 3.8) is 0 Å². The molecule has 1 N–H and O–H groups in total. The highest BCUT2D eigenvalue weighted by Crippen LogP contribution is 2.44. The SMILES string of the molecule is CC(=O)N[C@H]1C(=O)Oc2c(sc(=S)n2-c2ccccc2)[C@H]1c1ccc(Cl)cc1. The molecular weight excluding hydrogens is 416 g/mol. The summed E-state index contributed by atoms with van der Waals surface area (Å²) in [6.45, 7) is 1.37. The molecule has 2 heterocycles. The predicted molar refractivity (Wildman–Crippen MR) is 111 cm³/mol. The maximum absolute atomic E-state index is 12.8. The molecule has 5 nitrogen and oxygen atoms in total. The number of carbonyl (C=O) groups excluding carboxylic acids is 2. The van der Waals surface area contributed by atoms with Crippen LogP contribution in [0.3, 0.4) is 0 Å². The Bertz CT molecular complexity index is 1110. The first kappa shape index (κ1) is 18.9. The van der Waals surface area contributed by atoms with Crippen molar-refractivity contribution in [3.8, 4) is 11.6 Å². The Labute approximate surface area is 175 Å². The van der Waals surface area contributed by atoms with Gasteiger partial charge in [0.1, 0.15) is 6.04 Å². The van der Waals surface area contributed by atoms with E-state index in [4.69, 9.17) is 28.6 Å². The fraction of sp³-hybridized carbons (Fsp3) is 0.150. The van der Waals surface area contributed by atoms with Crippen LogP contribution in [0.15, 0.2) is 54.6 Å². The average Bonchev–Trinajstić information content (AvgIpc) is 2.99. The Morgan fingerprint density at radius 2 is 1.86 bits per heavy atom. The number of nitrogens with zero attached hydrogens (tertiary/aromatic N) is 1. The summed E-state index contributed by atoms with van der Waals surface area (Å²) >= 11 is 13.0. The van der Waals surface area contributed by atoms with E-state index in [1.807, 2.05) is 42.5 Å². The van der Waals surface area contributed by atoms with Crippen molar-refractivity contribution in [2.75, 3.05) is 0 Å². The number of amides is 1. The van der Waals surface area contributed by atoms with Crippen molar-refractivity contribution in [2.45, 2.75) is 18.9 Å². The van der Waals surface area contributed by atoms with Crippen LogP contribution in [0.5, 0.6) is 5.88 Å². The lowest BCUT2D eigenvalue weighted by Gasteiger charge is -2.30. The third kappa shape index (κ3) is 3.37. The number of esters is 1. The Morgan fingerprint density at radius 1 is 1.18 bits per heavy atom. The van der Waals surface area contributed by atoms with Crippen LogP contribution < -0.4 is 10.1 Å². The van der Waals surface area contributed by atoms with Gasteiger partial charge in [-0.15, -0.1) is 11.3 Å². The molecule has 4 rings (SSSR count). The van der Waals surface area contributed by atoms with Gasteiger partial charge in [-0.05, 0) is 42.0 Å². The smallest absolute Gasteiger partial charge is 0.336 e. The van der Waals surface area contributed by atoms with E-state index in [9.17, 15) is 9.59 Å². The van der Waals surface area contributed by atoms with Crippen LogP contribution in [0, 0.1) is 3.95 Å². The molecule has 0 spiro atoms. The number of aromatic nitrogens is 1. The van der Waals surface area contributed by atoms with E-state index >= 15 is 0 Å². The second-order valence-electron chi connectivity index (χ2n) is 6.34. The maximum atomic E-state index is 12.8. The number of hydrogen-bond acceptors (Lipinski definition) is 5. The minimum atomic E-state index is -0.844. The van der Waals surface area contributed by atoms with Gasteiger partial charge in [0, 0.05) is 11.9 Å². The molecule has 0 aliphatic carbocycles. The summed E-state index contributed by atoms with van der Waals surface area (Å²) in [7, 11) is 0. The first-order valence-corrected chi connectivity index (χ1v) is 10.1. The third-order valence-electron chi connectivity index (χ3n) is 4.46. The summed E-state index contributed by atoms with van der Waals surface area (Å²) in [5.41, 5.74) is 1.66. The van der Waals surface area contributed by atoms with Gasteiger partial charge >= 0.3 is 5.97 Å². The Balaban J connectivity index is 1.92. The van der Waals surface area contributed by atoms with Gasteiger partial charge in [0.25, 0.3) is 0 Å². The quantitative estimate of drug-likeness (QED) is 0.491. The van der Waals surface area contributed by atoms with Gasteiger partial charge in [0.15, 0.2) is 3.95 Å². The Morgan fingerprint density at radius 3 is 2.50 bits per heavy atom. The second-order valence-corrected chi connectivity index (χ2v) is 8.45. The first-order valence-electron chi connectivity index (χ1n) is 8.51. The van der Waals surface area contributed by atoms with Crippen molar-refractivity contribution >= 4 is 47.0 Å². The zero-order valence-corrected chi connectivity index (χ0v) is 17.1. The Kier molecular flexibility index (Phi) is 5.05. The number of halogens is 1. The van der Waals surface area contributed by atoms with Gasteiger partial charge in [0.05, 0.1) is 16.5 Å². The van der Waals surface area contributed by atoms with Gasteiger partial charge in [-0.2, -0.15) is 0 Å². The molecule has 0 saturated carbocycles. The van der Waals surface area contributed by atoms with Crippen LogP contribution in [0.25, 0.3) is 5.69 Å². The average molecular weight is 431 g/mol. The van der Waals surface area contributed by atoms with Gasteiger partial charge < -0.3 is 10.1 Å². The topological polar surface area (TPSA) is 60.3 Å². The third-order valence-corrected chi connectivity index (χ3v) is 6.15. The zero-order valence-electron chi connectivity index (χ0n) is 14.7. The molecule has 0 saturated heterocycles. The van der Waals surface area contributed by atoms with Gasteiger partial charge in [0.2, 0.25) is 11.8 Å². The number of nitrogens with one attached hydrogen (secondary N) is 1. The standard InChI is InChI=1S/C20H15ClN2O3S2/c1-11(24)22-16-15(12-7-9-13(21)10-8-12)17-18(26-19(16)25)23(20(27)28-17)14-5-3-2-4-6-14/h2-10,15-16H,1H3,(H,22,24)/t15-,16+/m0/s1. The molecule has 2 atom stereocenters. The fourth-order valence-electron chi connectivity index (χ4n) is 3.29. The van der Waals surface area contributed by atoms with Crippen molar-refractivity contribution in [1.29, 1.82) is 0 Å². The molecule has 1 aromatic heterocycles. The first-order chi connectivity index (χ1) is 13.5. The molecule has 1 amide bonds. The number of thiazole rings is 1. The van der Waals surface area contributed by atoms with Crippen LogP contribution in [0.1, 0.15) is 23.3 Å². The Hall–Kier alpha value is -2.48. The summed E-state index contributed by atoms with van der Waals surface area (Å²) in [5, 5.41) is 3.31. The summed E-state index contributed by atoms with van der Waals surface area (Å²) < 4.78 is 7.97.